The van der Waals surface area contributed by atoms with Gasteiger partial charge in [-0.25, -0.2) is 23.2 Å². The zero-order chi connectivity index (χ0) is 35.8. The van der Waals surface area contributed by atoms with E-state index in [1.807, 2.05) is 38.1 Å². The molecule has 0 bridgehead atoms. The second-order valence-electron chi connectivity index (χ2n) is 13.1. The predicted molar refractivity (Wildman–Crippen MR) is 184 cm³/mol. The minimum atomic E-state index is -4.08. The van der Waals surface area contributed by atoms with Crippen LogP contribution in [0.25, 0.3) is 0 Å². The van der Waals surface area contributed by atoms with Gasteiger partial charge in [0.25, 0.3) is 0 Å². The molecule has 1 aromatic heterocycles. The van der Waals surface area contributed by atoms with Gasteiger partial charge in [-0.05, 0) is 61.1 Å². The van der Waals surface area contributed by atoms with Gasteiger partial charge in [-0.15, -0.1) is 0 Å². The Labute approximate surface area is 297 Å². The first-order chi connectivity index (χ1) is 24.7. The highest BCUT2D eigenvalue weighted by Crippen LogP contribution is 2.35. The van der Waals surface area contributed by atoms with Gasteiger partial charge in [0.2, 0.25) is 22.8 Å². The van der Waals surface area contributed by atoms with Gasteiger partial charge in [-0.1, -0.05) is 26.0 Å². The molecule has 6 rings (SSSR count). The molecule has 2 saturated heterocycles. The molecule has 0 spiro atoms. The fourth-order valence-electron chi connectivity index (χ4n) is 6.18. The number of nitrogens with zero attached hydrogens (tertiary/aromatic N) is 3. The van der Waals surface area contributed by atoms with Gasteiger partial charge in [-0.2, -0.15) is 4.31 Å². The molecule has 4 heterocycles. The highest BCUT2D eigenvalue weighted by Gasteiger charge is 2.44. The number of alkyl carbamates (subject to hydrolysis) is 1. The molecule has 1 amide bonds. The highest BCUT2D eigenvalue weighted by atomic mass is 32.2. The van der Waals surface area contributed by atoms with E-state index in [-0.39, 0.29) is 49.6 Å². The molecule has 15 nitrogen and oxygen atoms in total. The molecule has 16 heteroatoms. The number of nitrogens with one attached hydrogen (secondary N) is 2. The first-order valence-electron chi connectivity index (χ1n) is 17.2. The maximum atomic E-state index is 13.9. The number of anilines is 1. The van der Waals surface area contributed by atoms with Crippen molar-refractivity contribution >= 4 is 22.1 Å². The number of aromatic nitrogens is 2. The van der Waals surface area contributed by atoms with Crippen molar-refractivity contribution in [3.05, 3.63) is 66.5 Å². The van der Waals surface area contributed by atoms with Crippen LogP contribution in [-0.2, 0) is 30.7 Å². The average Bonchev–Trinajstić information content (AvgIpc) is 3.87. The van der Waals surface area contributed by atoms with Crippen molar-refractivity contribution in [3.8, 4) is 17.2 Å². The molecule has 5 atom stereocenters. The molecule has 5 unspecified atom stereocenters. The van der Waals surface area contributed by atoms with Crippen LogP contribution in [0, 0.1) is 11.8 Å². The number of ether oxygens (including phenoxy) is 6. The smallest absolute Gasteiger partial charge is 0.407 e. The summed E-state index contributed by atoms with van der Waals surface area (Å²) in [6, 6.07) is 12.6. The molecule has 0 radical (unpaired) electrons. The van der Waals surface area contributed by atoms with Crippen molar-refractivity contribution in [2.45, 2.75) is 62.5 Å². The fraction of sp³-hybridized carbons (Fsp3) is 0.514. The SMILES string of the molecule is CC(C)CN(CC(O)C(Cc1ccc(OCCCNc2ncccn2)cc1)NC(=O)OC1COC2OCCC12)S(=O)(=O)c1ccc2c(c1)OCO2. The molecule has 2 aromatic carbocycles. The van der Waals surface area contributed by atoms with Gasteiger partial charge in [0.1, 0.15) is 11.9 Å². The monoisotopic (exact) mass is 727 g/mol. The number of rotatable bonds is 17. The molecule has 2 fully saturated rings. The summed E-state index contributed by atoms with van der Waals surface area (Å²) in [5.41, 5.74) is 0.789. The lowest BCUT2D eigenvalue weighted by atomic mass is 10.0. The van der Waals surface area contributed by atoms with Gasteiger partial charge >= 0.3 is 6.09 Å². The fourth-order valence-corrected chi connectivity index (χ4v) is 7.82. The van der Waals surface area contributed by atoms with E-state index >= 15 is 0 Å². The second kappa shape index (κ2) is 16.9. The topological polar surface area (TPSA) is 180 Å². The predicted octanol–water partition coefficient (Wildman–Crippen LogP) is 3.19. The zero-order valence-corrected chi connectivity index (χ0v) is 29.5. The normalized spacial score (nSPS) is 20.6. The maximum Gasteiger partial charge on any atom is 0.407 e. The van der Waals surface area contributed by atoms with Crippen molar-refractivity contribution < 1.29 is 46.7 Å². The van der Waals surface area contributed by atoms with Crippen LogP contribution < -0.4 is 24.8 Å². The average molecular weight is 728 g/mol. The lowest BCUT2D eigenvalue weighted by molar-refractivity contribution is -0.0907. The quantitative estimate of drug-likeness (QED) is 0.173. The summed E-state index contributed by atoms with van der Waals surface area (Å²) in [6.45, 7) is 5.49. The minimum absolute atomic E-state index is 0.00723. The van der Waals surface area contributed by atoms with Crippen LogP contribution in [0.5, 0.6) is 17.2 Å². The number of hydrogen-bond donors (Lipinski definition) is 3. The Bertz CT molecular complexity index is 1700. The minimum Gasteiger partial charge on any atom is -0.494 e. The summed E-state index contributed by atoms with van der Waals surface area (Å²) in [5, 5.41) is 17.6. The van der Waals surface area contributed by atoms with Gasteiger partial charge in [-0.3, -0.25) is 0 Å². The number of aliphatic hydroxyl groups is 1. The third-order valence-corrected chi connectivity index (χ3v) is 10.6. The summed E-state index contributed by atoms with van der Waals surface area (Å²) in [6.07, 6.45) is 2.03. The maximum absolute atomic E-state index is 13.9. The van der Waals surface area contributed by atoms with Crippen molar-refractivity contribution in [2.24, 2.45) is 11.8 Å². The molecular weight excluding hydrogens is 682 g/mol. The van der Waals surface area contributed by atoms with Crippen LogP contribution >= 0.6 is 0 Å². The van der Waals surface area contributed by atoms with Gasteiger partial charge in [0, 0.05) is 38.1 Å². The molecule has 51 heavy (non-hydrogen) atoms. The van der Waals surface area contributed by atoms with Gasteiger partial charge < -0.3 is 44.2 Å². The first-order valence-corrected chi connectivity index (χ1v) is 18.6. The van der Waals surface area contributed by atoms with Gasteiger partial charge in [0.05, 0.1) is 42.8 Å². The Morgan fingerprint density at radius 3 is 2.63 bits per heavy atom. The van der Waals surface area contributed by atoms with E-state index in [0.717, 1.165) is 12.0 Å². The van der Waals surface area contributed by atoms with Crippen LogP contribution in [-0.4, -0.2) is 105 Å². The summed E-state index contributed by atoms with van der Waals surface area (Å²) in [4.78, 5) is 21.5. The highest BCUT2D eigenvalue weighted by molar-refractivity contribution is 7.89. The largest absolute Gasteiger partial charge is 0.494 e. The lowest BCUT2D eigenvalue weighted by Gasteiger charge is -2.31. The molecular formula is C35H45N5O10S. The van der Waals surface area contributed by atoms with Crippen LogP contribution in [0.15, 0.2) is 65.8 Å². The zero-order valence-electron chi connectivity index (χ0n) is 28.7. The molecule has 3 aliphatic heterocycles. The number of fused-ring (bicyclic) bond motifs is 2. The first kappa shape index (κ1) is 36.6. The summed E-state index contributed by atoms with van der Waals surface area (Å²) in [7, 11) is -4.08. The van der Waals surface area contributed by atoms with E-state index in [2.05, 4.69) is 20.6 Å². The van der Waals surface area contributed by atoms with Crippen molar-refractivity contribution in [1.29, 1.82) is 0 Å². The number of benzene rings is 2. The Morgan fingerprint density at radius 2 is 1.84 bits per heavy atom. The lowest BCUT2D eigenvalue weighted by Crippen LogP contribution is -2.51. The molecule has 3 N–H and O–H groups in total. The van der Waals surface area contributed by atoms with Crippen LogP contribution in [0.1, 0.15) is 32.3 Å². The number of hydrogen-bond acceptors (Lipinski definition) is 13. The second-order valence-corrected chi connectivity index (χ2v) is 15.0. The van der Waals surface area contributed by atoms with Crippen LogP contribution in [0.4, 0.5) is 10.7 Å². The number of carbonyl (C=O) groups excluding carboxylic acids is 1. The third-order valence-electron chi connectivity index (χ3n) is 8.77. The Morgan fingerprint density at radius 1 is 1.06 bits per heavy atom. The van der Waals surface area contributed by atoms with E-state index < -0.39 is 40.7 Å². The number of carbonyl (C=O) groups is 1. The Balaban J connectivity index is 1.12. The van der Waals surface area contributed by atoms with E-state index in [9.17, 15) is 18.3 Å². The molecule has 3 aromatic rings. The Kier molecular flexibility index (Phi) is 12.1. The van der Waals surface area contributed by atoms with Gasteiger partial charge in [0.15, 0.2) is 17.8 Å². The van der Waals surface area contributed by atoms with E-state index in [1.165, 1.54) is 16.4 Å². The Hall–Kier alpha value is -4.22. The summed E-state index contributed by atoms with van der Waals surface area (Å²) < 4.78 is 62.7. The molecule has 0 saturated carbocycles. The number of sulfonamides is 1. The van der Waals surface area contributed by atoms with Crippen LogP contribution in [0.2, 0.25) is 0 Å². The standard InChI is InChI=1S/C35H45N5O10S/c1-23(2)19-40(51(43,44)26-9-10-30-31(18-26)49-22-48-30)20-29(41)28(39-35(42)50-32-21-47-33-27(32)11-16-46-33)17-24-5-7-25(8-6-24)45-15-4-14-38-34-36-12-3-13-37-34/h3,5-10,12-13,18,23,27-29,32-33,41H,4,11,14-17,19-22H2,1-2H3,(H,39,42)(H,36,37,38). The molecule has 0 aliphatic carbocycles. The van der Waals surface area contributed by atoms with Crippen molar-refractivity contribution in [1.82, 2.24) is 19.6 Å². The van der Waals surface area contributed by atoms with Crippen LogP contribution in [0.3, 0.4) is 0 Å². The number of aliphatic hydroxyl groups excluding tert-OH is 1. The summed E-state index contributed by atoms with van der Waals surface area (Å²) >= 11 is 0. The van der Waals surface area contributed by atoms with E-state index in [4.69, 9.17) is 28.4 Å². The van der Waals surface area contributed by atoms with Crippen molar-refractivity contribution in [2.75, 3.05) is 51.6 Å². The van der Waals surface area contributed by atoms with E-state index in [1.54, 1.807) is 24.5 Å². The third kappa shape index (κ3) is 9.56. The van der Waals surface area contributed by atoms with Crippen molar-refractivity contribution in [3.63, 3.8) is 0 Å². The van der Waals surface area contributed by atoms with E-state index in [0.29, 0.717) is 49.4 Å². The summed E-state index contributed by atoms with van der Waals surface area (Å²) in [5.74, 6) is 1.88. The molecule has 276 valence electrons. The molecule has 3 aliphatic rings. The number of amides is 1.